The number of aryl methyl sites for hydroxylation is 1. The van der Waals surface area contributed by atoms with Crippen LogP contribution in [0.3, 0.4) is 0 Å². The minimum absolute atomic E-state index is 0. The van der Waals surface area contributed by atoms with E-state index in [1.54, 1.807) is 13.1 Å². The first-order valence-electron chi connectivity index (χ1n) is 10.6. The van der Waals surface area contributed by atoms with E-state index < -0.39 is 0 Å². The first kappa shape index (κ1) is 26.7. The second kappa shape index (κ2) is 14.6. The van der Waals surface area contributed by atoms with Gasteiger partial charge in [-0.3, -0.25) is 9.79 Å². The quantitative estimate of drug-likeness (QED) is 0.185. The van der Waals surface area contributed by atoms with Crippen LogP contribution in [0.4, 0.5) is 0 Å². The molecule has 0 aliphatic carbocycles. The average Bonchev–Trinajstić information content (AvgIpc) is 3.13. The molecule has 0 spiro atoms. The molecule has 1 aliphatic rings. The molecule has 30 heavy (non-hydrogen) atoms. The number of rotatable bonds is 10. The zero-order chi connectivity index (χ0) is 21.1. The SMILES string of the molecule is CN=C(NCCCNC(=O)c1occc1C)NC1CCN(CCOC(C)C)CC1.I. The molecule has 1 aromatic heterocycles. The highest BCUT2D eigenvalue weighted by molar-refractivity contribution is 14.0. The van der Waals surface area contributed by atoms with E-state index in [0.29, 0.717) is 24.5 Å². The zero-order valence-electron chi connectivity index (χ0n) is 18.7. The van der Waals surface area contributed by atoms with Crippen LogP contribution in [0, 0.1) is 6.92 Å². The summed E-state index contributed by atoms with van der Waals surface area (Å²) in [5, 5.41) is 9.71. The molecule has 1 fully saturated rings. The molecule has 1 amide bonds. The van der Waals surface area contributed by atoms with Crippen LogP contribution in [-0.2, 0) is 4.74 Å². The molecule has 0 bridgehead atoms. The van der Waals surface area contributed by atoms with Gasteiger partial charge in [-0.25, -0.2) is 0 Å². The summed E-state index contributed by atoms with van der Waals surface area (Å²) >= 11 is 0. The number of amides is 1. The number of aliphatic imine (C=N–C) groups is 1. The van der Waals surface area contributed by atoms with Crippen LogP contribution in [-0.4, -0.2) is 75.3 Å². The molecule has 1 aromatic rings. The van der Waals surface area contributed by atoms with Crippen LogP contribution in [0.15, 0.2) is 21.7 Å². The highest BCUT2D eigenvalue weighted by atomic mass is 127. The highest BCUT2D eigenvalue weighted by Gasteiger charge is 2.19. The largest absolute Gasteiger partial charge is 0.459 e. The number of carbonyl (C=O) groups is 1. The fraction of sp³-hybridized carbons (Fsp3) is 0.714. The van der Waals surface area contributed by atoms with Crippen LogP contribution >= 0.6 is 24.0 Å². The van der Waals surface area contributed by atoms with Gasteiger partial charge in [-0.05, 0) is 46.1 Å². The normalized spacial score (nSPS) is 15.7. The molecule has 3 N–H and O–H groups in total. The zero-order valence-corrected chi connectivity index (χ0v) is 21.0. The summed E-state index contributed by atoms with van der Waals surface area (Å²) in [7, 11) is 1.79. The van der Waals surface area contributed by atoms with Gasteiger partial charge >= 0.3 is 0 Å². The predicted molar refractivity (Wildman–Crippen MR) is 131 cm³/mol. The van der Waals surface area contributed by atoms with Crippen molar-refractivity contribution in [2.75, 3.05) is 46.4 Å². The highest BCUT2D eigenvalue weighted by Crippen LogP contribution is 2.10. The number of furan rings is 1. The maximum Gasteiger partial charge on any atom is 0.287 e. The second-order valence-electron chi connectivity index (χ2n) is 7.72. The van der Waals surface area contributed by atoms with Gasteiger partial charge in [-0.1, -0.05) is 0 Å². The van der Waals surface area contributed by atoms with Crippen LogP contribution < -0.4 is 16.0 Å². The number of likely N-dealkylation sites (tertiary alicyclic amines) is 1. The summed E-state index contributed by atoms with van der Waals surface area (Å²) in [6, 6.07) is 2.22. The molecule has 0 saturated carbocycles. The number of guanidine groups is 1. The first-order chi connectivity index (χ1) is 14.0. The van der Waals surface area contributed by atoms with Crippen molar-refractivity contribution >= 4 is 35.8 Å². The van der Waals surface area contributed by atoms with Gasteiger partial charge in [0.1, 0.15) is 0 Å². The lowest BCUT2D eigenvalue weighted by molar-refractivity contribution is 0.0532. The Morgan fingerprint density at radius 1 is 1.30 bits per heavy atom. The molecule has 1 aliphatic heterocycles. The average molecular weight is 535 g/mol. The number of hydrogen-bond donors (Lipinski definition) is 3. The van der Waals surface area contributed by atoms with Gasteiger partial charge in [0.05, 0.1) is 19.0 Å². The molecule has 0 aromatic carbocycles. The Labute approximate surface area is 197 Å². The van der Waals surface area contributed by atoms with E-state index in [4.69, 9.17) is 9.15 Å². The van der Waals surface area contributed by atoms with E-state index in [2.05, 4.69) is 39.7 Å². The predicted octanol–water partition coefficient (Wildman–Crippen LogP) is 2.38. The first-order valence-corrected chi connectivity index (χ1v) is 10.6. The van der Waals surface area contributed by atoms with Crippen molar-refractivity contribution in [3.05, 3.63) is 23.7 Å². The summed E-state index contributed by atoms with van der Waals surface area (Å²) in [5.74, 6) is 1.04. The Morgan fingerprint density at radius 3 is 2.60 bits per heavy atom. The summed E-state index contributed by atoms with van der Waals surface area (Å²) in [6.07, 6.45) is 4.83. The number of nitrogens with zero attached hydrogens (tertiary/aromatic N) is 2. The summed E-state index contributed by atoms with van der Waals surface area (Å²) in [5.41, 5.74) is 0.851. The van der Waals surface area contributed by atoms with Gasteiger partial charge in [0, 0.05) is 51.4 Å². The third-order valence-electron chi connectivity index (χ3n) is 5.01. The molecule has 2 rings (SSSR count). The van der Waals surface area contributed by atoms with Gasteiger partial charge < -0.3 is 30.0 Å². The second-order valence-corrected chi connectivity index (χ2v) is 7.72. The Kier molecular flexibility index (Phi) is 13.0. The van der Waals surface area contributed by atoms with E-state index in [0.717, 1.165) is 63.6 Å². The van der Waals surface area contributed by atoms with Crippen LogP contribution in [0.2, 0.25) is 0 Å². The lowest BCUT2D eigenvalue weighted by Crippen LogP contribution is -2.49. The van der Waals surface area contributed by atoms with E-state index in [1.165, 1.54) is 6.26 Å². The van der Waals surface area contributed by atoms with Crippen LogP contribution in [0.5, 0.6) is 0 Å². The van der Waals surface area contributed by atoms with E-state index in [9.17, 15) is 4.79 Å². The van der Waals surface area contributed by atoms with Crippen LogP contribution in [0.25, 0.3) is 0 Å². The number of hydrogen-bond acceptors (Lipinski definition) is 5. The molecule has 2 heterocycles. The monoisotopic (exact) mass is 535 g/mol. The molecule has 9 heteroatoms. The Bertz CT molecular complexity index is 642. The lowest BCUT2D eigenvalue weighted by Gasteiger charge is -2.33. The topological polar surface area (TPSA) is 91.1 Å². The number of ether oxygens (including phenoxy) is 1. The van der Waals surface area contributed by atoms with Crippen molar-refractivity contribution in [1.82, 2.24) is 20.9 Å². The van der Waals surface area contributed by atoms with Crippen molar-refractivity contribution in [2.45, 2.75) is 52.2 Å². The van der Waals surface area contributed by atoms with E-state index >= 15 is 0 Å². The van der Waals surface area contributed by atoms with Crippen LogP contribution in [0.1, 0.15) is 49.2 Å². The van der Waals surface area contributed by atoms with Gasteiger partial charge in [-0.15, -0.1) is 24.0 Å². The molecule has 1 saturated heterocycles. The van der Waals surface area contributed by atoms with Crippen molar-refractivity contribution in [3.63, 3.8) is 0 Å². The maximum absolute atomic E-state index is 12.0. The van der Waals surface area contributed by atoms with Gasteiger partial charge in [0.25, 0.3) is 5.91 Å². The third kappa shape index (κ3) is 9.65. The van der Waals surface area contributed by atoms with Gasteiger partial charge in [0.15, 0.2) is 11.7 Å². The standard InChI is InChI=1S/C21H37N5O3.HI/c1-16(2)28-15-13-26-11-6-18(7-12-26)25-21(22-4)24-10-5-9-23-20(27)19-17(3)8-14-29-19;/h8,14,16,18H,5-7,9-13,15H2,1-4H3,(H,23,27)(H2,22,24,25);1H. The molecule has 0 radical (unpaired) electrons. The van der Waals surface area contributed by atoms with E-state index in [1.807, 2.05) is 6.92 Å². The minimum Gasteiger partial charge on any atom is -0.459 e. The van der Waals surface area contributed by atoms with Gasteiger partial charge in [0.2, 0.25) is 0 Å². The summed E-state index contributed by atoms with van der Waals surface area (Å²) in [6.45, 7) is 11.3. The van der Waals surface area contributed by atoms with Gasteiger partial charge in [-0.2, -0.15) is 0 Å². The Balaban J connectivity index is 0.00000450. The van der Waals surface area contributed by atoms with Crippen molar-refractivity contribution in [3.8, 4) is 0 Å². The number of carbonyl (C=O) groups excluding carboxylic acids is 1. The van der Waals surface area contributed by atoms with Crippen molar-refractivity contribution < 1.29 is 13.9 Å². The number of piperidine rings is 1. The molecule has 8 nitrogen and oxygen atoms in total. The summed E-state index contributed by atoms with van der Waals surface area (Å²) in [4.78, 5) is 18.8. The maximum atomic E-state index is 12.0. The van der Waals surface area contributed by atoms with Crippen molar-refractivity contribution in [2.24, 2.45) is 4.99 Å². The third-order valence-corrected chi connectivity index (χ3v) is 5.01. The minimum atomic E-state index is -0.166. The Hall–Kier alpha value is -1.33. The fourth-order valence-electron chi connectivity index (χ4n) is 3.29. The molecular formula is C21H38IN5O3. The van der Waals surface area contributed by atoms with Crippen molar-refractivity contribution in [1.29, 1.82) is 0 Å². The smallest absolute Gasteiger partial charge is 0.287 e. The number of halogens is 1. The molecule has 172 valence electrons. The lowest BCUT2D eigenvalue weighted by atomic mass is 10.1. The van der Waals surface area contributed by atoms with E-state index in [-0.39, 0.29) is 29.9 Å². The fourth-order valence-corrected chi connectivity index (χ4v) is 3.29. The number of nitrogens with one attached hydrogen (secondary N) is 3. The Morgan fingerprint density at radius 2 is 2.00 bits per heavy atom. The molecule has 0 unspecified atom stereocenters. The molecule has 0 atom stereocenters. The summed E-state index contributed by atoms with van der Waals surface area (Å²) < 4.78 is 10.8. The molecular weight excluding hydrogens is 497 g/mol.